The predicted molar refractivity (Wildman–Crippen MR) is 70.8 cm³/mol. The van der Waals surface area contributed by atoms with Crippen LogP contribution in [0.25, 0.3) is 0 Å². The quantitative estimate of drug-likeness (QED) is 0.885. The maximum absolute atomic E-state index is 4.56. The Balaban J connectivity index is 0.00000112. The van der Waals surface area contributed by atoms with E-state index in [0.717, 1.165) is 18.1 Å². The Morgan fingerprint density at radius 1 is 1.31 bits per heavy atom. The van der Waals surface area contributed by atoms with Crippen LogP contribution in [0.2, 0.25) is 0 Å². The highest BCUT2D eigenvalue weighted by Gasteiger charge is 2.18. The lowest BCUT2D eigenvalue weighted by molar-refractivity contribution is 0.624. The monoisotopic (exact) mass is 264 g/mol. The zero-order valence-corrected chi connectivity index (χ0v) is 11.1. The summed E-state index contributed by atoms with van der Waals surface area (Å²) in [4.78, 5) is 10.7. The van der Waals surface area contributed by atoms with E-state index in [2.05, 4.69) is 15.3 Å². The van der Waals surface area contributed by atoms with E-state index in [1.165, 1.54) is 12.8 Å². The first-order valence-electron chi connectivity index (χ1n) is 5.00. The molecule has 0 radical (unpaired) electrons. The summed E-state index contributed by atoms with van der Waals surface area (Å²) in [6, 6.07) is 0.405. The summed E-state index contributed by atoms with van der Waals surface area (Å²) >= 11 is 0. The van der Waals surface area contributed by atoms with Gasteiger partial charge in [0.25, 0.3) is 0 Å². The Morgan fingerprint density at radius 2 is 2.06 bits per heavy atom. The average molecular weight is 265 g/mol. The van der Waals surface area contributed by atoms with Crippen LogP contribution < -0.4 is 10.2 Å². The van der Waals surface area contributed by atoms with Crippen LogP contribution in [-0.4, -0.2) is 30.6 Å². The Bertz CT molecular complexity index is 313. The average Bonchev–Trinajstić information content (AvgIpc) is 2.71. The van der Waals surface area contributed by atoms with E-state index in [0.29, 0.717) is 6.04 Å². The van der Waals surface area contributed by atoms with Crippen molar-refractivity contribution in [2.24, 2.45) is 0 Å². The van der Waals surface area contributed by atoms with Gasteiger partial charge in [-0.05, 0) is 19.4 Å². The maximum atomic E-state index is 4.56. The molecule has 0 amide bonds. The van der Waals surface area contributed by atoms with E-state index in [1.54, 1.807) is 6.20 Å². The van der Waals surface area contributed by atoms with Gasteiger partial charge in [0.1, 0.15) is 5.82 Å². The van der Waals surface area contributed by atoms with Crippen molar-refractivity contribution in [3.05, 3.63) is 18.1 Å². The predicted octanol–water partition coefficient (Wildman–Crippen LogP) is 1.81. The standard InChI is InChI=1S/C10H16N4.2ClH/c1-14(2)10-7-11-6-9(13-10)8-4-3-5-12-8;;/h6-8,12H,3-5H2,1-2H3;2*1H. The summed E-state index contributed by atoms with van der Waals surface area (Å²) in [6.45, 7) is 1.10. The fourth-order valence-corrected chi connectivity index (χ4v) is 1.69. The fraction of sp³-hybridized carbons (Fsp3) is 0.600. The molecule has 0 aromatic carbocycles. The third-order valence-corrected chi connectivity index (χ3v) is 2.52. The highest BCUT2D eigenvalue weighted by atomic mass is 35.5. The van der Waals surface area contributed by atoms with E-state index in [-0.39, 0.29) is 24.8 Å². The minimum atomic E-state index is 0. The largest absolute Gasteiger partial charge is 0.361 e. The Morgan fingerprint density at radius 3 is 2.62 bits per heavy atom. The molecule has 1 fully saturated rings. The number of nitrogens with zero attached hydrogens (tertiary/aromatic N) is 3. The molecule has 0 aliphatic carbocycles. The van der Waals surface area contributed by atoms with Crippen molar-refractivity contribution in [3.63, 3.8) is 0 Å². The van der Waals surface area contributed by atoms with Crippen LogP contribution in [-0.2, 0) is 0 Å². The van der Waals surface area contributed by atoms with Crippen LogP contribution in [0.1, 0.15) is 24.6 Å². The van der Waals surface area contributed by atoms with Gasteiger partial charge in [-0.3, -0.25) is 4.98 Å². The van der Waals surface area contributed by atoms with Crippen molar-refractivity contribution >= 4 is 30.6 Å². The first-order chi connectivity index (χ1) is 6.77. The van der Waals surface area contributed by atoms with Gasteiger partial charge in [-0.25, -0.2) is 4.98 Å². The van der Waals surface area contributed by atoms with Crippen LogP contribution >= 0.6 is 24.8 Å². The molecule has 1 aliphatic heterocycles. The summed E-state index contributed by atoms with van der Waals surface area (Å²) in [5.74, 6) is 0.927. The molecule has 92 valence electrons. The van der Waals surface area contributed by atoms with Crippen LogP contribution in [0.3, 0.4) is 0 Å². The lowest BCUT2D eigenvalue weighted by atomic mass is 10.2. The molecule has 16 heavy (non-hydrogen) atoms. The van der Waals surface area contributed by atoms with Crippen molar-refractivity contribution in [2.45, 2.75) is 18.9 Å². The second-order valence-electron chi connectivity index (χ2n) is 3.85. The lowest BCUT2D eigenvalue weighted by Crippen LogP contribution is -2.17. The molecule has 2 heterocycles. The molecular formula is C10H18Cl2N4. The van der Waals surface area contributed by atoms with E-state index < -0.39 is 0 Å². The minimum absolute atomic E-state index is 0. The summed E-state index contributed by atoms with van der Waals surface area (Å²) in [6.07, 6.45) is 6.05. The molecule has 0 bridgehead atoms. The van der Waals surface area contributed by atoms with Crippen LogP contribution in [0.15, 0.2) is 12.4 Å². The van der Waals surface area contributed by atoms with E-state index in [1.807, 2.05) is 25.2 Å². The molecule has 1 aromatic rings. The van der Waals surface area contributed by atoms with Gasteiger partial charge in [-0.2, -0.15) is 0 Å². The molecule has 4 nitrogen and oxygen atoms in total. The van der Waals surface area contributed by atoms with Crippen LogP contribution in [0, 0.1) is 0 Å². The van der Waals surface area contributed by atoms with Gasteiger partial charge >= 0.3 is 0 Å². The smallest absolute Gasteiger partial charge is 0.146 e. The molecule has 1 unspecified atom stereocenters. The molecule has 1 aromatic heterocycles. The summed E-state index contributed by atoms with van der Waals surface area (Å²) < 4.78 is 0. The molecule has 0 saturated carbocycles. The van der Waals surface area contributed by atoms with Crippen molar-refractivity contribution < 1.29 is 0 Å². The van der Waals surface area contributed by atoms with Gasteiger partial charge in [0.15, 0.2) is 0 Å². The minimum Gasteiger partial charge on any atom is -0.361 e. The summed E-state index contributed by atoms with van der Waals surface area (Å²) in [7, 11) is 3.96. The SMILES string of the molecule is CN(C)c1cncc(C2CCCN2)n1.Cl.Cl. The first-order valence-corrected chi connectivity index (χ1v) is 5.00. The second kappa shape index (κ2) is 6.89. The number of hydrogen-bond acceptors (Lipinski definition) is 4. The molecular weight excluding hydrogens is 247 g/mol. The third kappa shape index (κ3) is 3.47. The summed E-state index contributed by atoms with van der Waals surface area (Å²) in [5, 5.41) is 3.42. The highest BCUT2D eigenvalue weighted by molar-refractivity contribution is 5.85. The van der Waals surface area contributed by atoms with E-state index in [4.69, 9.17) is 0 Å². The van der Waals surface area contributed by atoms with Gasteiger partial charge in [-0.1, -0.05) is 0 Å². The number of anilines is 1. The van der Waals surface area contributed by atoms with Gasteiger partial charge in [-0.15, -0.1) is 24.8 Å². The lowest BCUT2D eigenvalue weighted by Gasteiger charge is -2.14. The molecule has 0 spiro atoms. The molecule has 6 heteroatoms. The fourth-order valence-electron chi connectivity index (χ4n) is 1.69. The number of hydrogen-bond donors (Lipinski definition) is 1. The third-order valence-electron chi connectivity index (χ3n) is 2.52. The first kappa shape index (κ1) is 15.4. The van der Waals surface area contributed by atoms with Gasteiger partial charge in [0.2, 0.25) is 0 Å². The number of aromatic nitrogens is 2. The van der Waals surface area contributed by atoms with Crippen molar-refractivity contribution in [3.8, 4) is 0 Å². The number of nitrogens with one attached hydrogen (secondary N) is 1. The van der Waals surface area contributed by atoms with E-state index in [9.17, 15) is 0 Å². The number of halogens is 2. The zero-order chi connectivity index (χ0) is 9.97. The van der Waals surface area contributed by atoms with Crippen LogP contribution in [0.5, 0.6) is 0 Å². The van der Waals surface area contributed by atoms with Gasteiger partial charge < -0.3 is 10.2 Å². The van der Waals surface area contributed by atoms with Crippen molar-refractivity contribution in [1.82, 2.24) is 15.3 Å². The Labute approximate surface area is 109 Å². The molecule has 1 saturated heterocycles. The highest BCUT2D eigenvalue weighted by Crippen LogP contribution is 2.21. The second-order valence-corrected chi connectivity index (χ2v) is 3.85. The summed E-state index contributed by atoms with van der Waals surface area (Å²) in [5.41, 5.74) is 1.06. The Kier molecular flexibility index (Phi) is 6.64. The molecule has 1 aliphatic rings. The van der Waals surface area contributed by atoms with Crippen molar-refractivity contribution in [1.29, 1.82) is 0 Å². The van der Waals surface area contributed by atoms with E-state index >= 15 is 0 Å². The van der Waals surface area contributed by atoms with Crippen molar-refractivity contribution in [2.75, 3.05) is 25.5 Å². The zero-order valence-electron chi connectivity index (χ0n) is 9.51. The molecule has 2 rings (SSSR count). The normalized spacial score (nSPS) is 18.5. The number of rotatable bonds is 2. The molecule has 1 N–H and O–H groups in total. The van der Waals surface area contributed by atoms with Gasteiger partial charge in [0.05, 0.1) is 24.1 Å². The van der Waals surface area contributed by atoms with Gasteiger partial charge in [0, 0.05) is 14.1 Å². The Hall–Kier alpha value is -0.580. The maximum Gasteiger partial charge on any atom is 0.146 e. The topological polar surface area (TPSA) is 41.1 Å². The van der Waals surface area contributed by atoms with Crippen LogP contribution in [0.4, 0.5) is 5.82 Å². The molecule has 1 atom stereocenters.